The van der Waals surface area contributed by atoms with Gasteiger partial charge in [-0.25, -0.2) is 0 Å². The predicted octanol–water partition coefficient (Wildman–Crippen LogP) is 0.904. The van der Waals surface area contributed by atoms with Crippen LogP contribution in [0.4, 0.5) is 11.4 Å². The van der Waals surface area contributed by atoms with Crippen molar-refractivity contribution in [3.8, 4) is 0 Å². The van der Waals surface area contributed by atoms with E-state index in [4.69, 9.17) is 5.11 Å². The Labute approximate surface area is 99.3 Å². The highest BCUT2D eigenvalue weighted by atomic mass is 16.6. The first-order valence-electron chi connectivity index (χ1n) is 5.23. The van der Waals surface area contributed by atoms with E-state index in [2.05, 4.69) is 0 Å². The summed E-state index contributed by atoms with van der Waals surface area (Å²) in [7, 11) is 1.77. The number of likely N-dealkylation sites (N-methyl/N-ethyl adjacent to an activating group) is 1. The molecule has 6 nitrogen and oxygen atoms in total. The summed E-state index contributed by atoms with van der Waals surface area (Å²) >= 11 is 0. The molecule has 0 spiro atoms. The molecule has 0 radical (unpaired) electrons. The summed E-state index contributed by atoms with van der Waals surface area (Å²) in [6.45, 7) is 1.51. The highest BCUT2D eigenvalue weighted by molar-refractivity contribution is 5.57. The number of non-ortho nitro benzene ring substituents is 1. The molecular formula is C11H16N2O4. The van der Waals surface area contributed by atoms with Crippen LogP contribution in [0.15, 0.2) is 18.2 Å². The van der Waals surface area contributed by atoms with Crippen molar-refractivity contribution >= 4 is 11.4 Å². The topological polar surface area (TPSA) is 86.8 Å². The van der Waals surface area contributed by atoms with E-state index in [1.54, 1.807) is 18.0 Å². The van der Waals surface area contributed by atoms with Gasteiger partial charge in [-0.1, -0.05) is 0 Å². The zero-order valence-electron chi connectivity index (χ0n) is 9.83. The molecule has 2 N–H and O–H groups in total. The van der Waals surface area contributed by atoms with Crippen LogP contribution >= 0.6 is 0 Å². The molecule has 0 bridgehead atoms. The van der Waals surface area contributed by atoms with E-state index in [-0.39, 0.29) is 24.9 Å². The average Bonchev–Trinajstić information content (AvgIpc) is 2.35. The summed E-state index contributed by atoms with van der Waals surface area (Å²) in [6.07, 6.45) is 0. The molecule has 17 heavy (non-hydrogen) atoms. The number of rotatable bonds is 5. The zero-order chi connectivity index (χ0) is 13.0. The van der Waals surface area contributed by atoms with Crippen LogP contribution in [0.1, 0.15) is 12.5 Å². The minimum Gasteiger partial charge on any atom is -0.394 e. The molecule has 0 aliphatic carbocycles. The summed E-state index contributed by atoms with van der Waals surface area (Å²) in [4.78, 5) is 11.9. The van der Waals surface area contributed by atoms with Crippen molar-refractivity contribution in [3.63, 3.8) is 0 Å². The van der Waals surface area contributed by atoms with Crippen LogP contribution in [0.5, 0.6) is 0 Å². The fourth-order valence-corrected chi connectivity index (χ4v) is 1.52. The number of nitrogens with zero attached hydrogens (tertiary/aromatic N) is 2. The molecule has 0 amide bonds. The van der Waals surface area contributed by atoms with E-state index in [9.17, 15) is 15.2 Å². The van der Waals surface area contributed by atoms with Crippen molar-refractivity contribution in [2.24, 2.45) is 0 Å². The number of hydrogen-bond acceptors (Lipinski definition) is 5. The smallest absolute Gasteiger partial charge is 0.269 e. The Morgan fingerprint density at radius 3 is 2.59 bits per heavy atom. The monoisotopic (exact) mass is 240 g/mol. The fraction of sp³-hybridized carbons (Fsp3) is 0.455. The summed E-state index contributed by atoms with van der Waals surface area (Å²) in [6, 6.07) is 4.18. The fourth-order valence-electron chi connectivity index (χ4n) is 1.52. The molecule has 1 aromatic carbocycles. The van der Waals surface area contributed by atoms with Crippen molar-refractivity contribution in [1.82, 2.24) is 0 Å². The first kappa shape index (κ1) is 13.4. The van der Waals surface area contributed by atoms with Crippen LogP contribution in [0, 0.1) is 10.1 Å². The predicted molar refractivity (Wildman–Crippen MR) is 64.0 cm³/mol. The third-order valence-electron chi connectivity index (χ3n) is 2.75. The van der Waals surface area contributed by atoms with E-state index >= 15 is 0 Å². The molecule has 0 saturated carbocycles. The minimum absolute atomic E-state index is 0.0294. The molecule has 1 atom stereocenters. The van der Waals surface area contributed by atoms with Crippen LogP contribution in [0.2, 0.25) is 0 Å². The first-order chi connectivity index (χ1) is 8.01. The van der Waals surface area contributed by atoms with E-state index in [0.29, 0.717) is 11.3 Å². The average molecular weight is 240 g/mol. The van der Waals surface area contributed by atoms with Gasteiger partial charge in [0.1, 0.15) is 0 Å². The van der Waals surface area contributed by atoms with Crippen molar-refractivity contribution in [3.05, 3.63) is 33.9 Å². The van der Waals surface area contributed by atoms with E-state index in [0.717, 1.165) is 0 Å². The van der Waals surface area contributed by atoms with Gasteiger partial charge in [-0.05, 0) is 13.0 Å². The Morgan fingerprint density at radius 2 is 2.12 bits per heavy atom. The molecule has 0 aliphatic rings. The maximum atomic E-state index is 10.6. The quantitative estimate of drug-likeness (QED) is 0.590. The third kappa shape index (κ3) is 2.92. The second-order valence-corrected chi connectivity index (χ2v) is 3.87. The van der Waals surface area contributed by atoms with Crippen LogP contribution in [-0.4, -0.2) is 34.8 Å². The Hall–Kier alpha value is -1.66. The molecule has 1 rings (SSSR count). The molecule has 0 aliphatic heterocycles. The molecule has 6 heteroatoms. The Morgan fingerprint density at radius 1 is 1.47 bits per heavy atom. The number of aliphatic hydroxyl groups is 2. The van der Waals surface area contributed by atoms with Gasteiger partial charge < -0.3 is 15.1 Å². The van der Waals surface area contributed by atoms with Crippen molar-refractivity contribution < 1.29 is 15.1 Å². The normalized spacial score (nSPS) is 12.2. The van der Waals surface area contributed by atoms with Gasteiger partial charge in [0.2, 0.25) is 0 Å². The maximum absolute atomic E-state index is 10.6. The Balaban J connectivity index is 3.12. The Kier molecular flexibility index (Phi) is 4.42. The summed E-state index contributed by atoms with van der Waals surface area (Å²) in [5.41, 5.74) is 1.10. The third-order valence-corrected chi connectivity index (χ3v) is 2.75. The van der Waals surface area contributed by atoms with Crippen molar-refractivity contribution in [2.45, 2.75) is 19.6 Å². The standard InChI is InChI=1S/C11H16N2O4/c1-8(6-14)12(2)11-4-3-10(13(16)17)5-9(11)7-15/h3-5,8,14-15H,6-7H2,1-2H3. The SMILES string of the molecule is CC(CO)N(C)c1ccc([N+](=O)[O-])cc1CO. The van der Waals surface area contributed by atoms with Gasteiger partial charge in [-0.3, -0.25) is 10.1 Å². The lowest BCUT2D eigenvalue weighted by atomic mass is 10.1. The second-order valence-electron chi connectivity index (χ2n) is 3.87. The Bertz CT molecular complexity index is 408. The molecule has 94 valence electrons. The van der Waals surface area contributed by atoms with Gasteiger partial charge in [0.25, 0.3) is 5.69 Å². The van der Waals surface area contributed by atoms with E-state index < -0.39 is 4.92 Å². The van der Waals surface area contributed by atoms with Gasteiger partial charge in [0, 0.05) is 36.5 Å². The van der Waals surface area contributed by atoms with Gasteiger partial charge in [0.05, 0.1) is 18.1 Å². The number of nitro groups is 1. The van der Waals surface area contributed by atoms with Gasteiger partial charge in [-0.15, -0.1) is 0 Å². The van der Waals surface area contributed by atoms with Crippen molar-refractivity contribution in [2.75, 3.05) is 18.6 Å². The lowest BCUT2D eigenvalue weighted by molar-refractivity contribution is -0.384. The van der Waals surface area contributed by atoms with Crippen molar-refractivity contribution in [1.29, 1.82) is 0 Å². The van der Waals surface area contributed by atoms with Gasteiger partial charge in [0.15, 0.2) is 0 Å². The highest BCUT2D eigenvalue weighted by Crippen LogP contribution is 2.25. The van der Waals surface area contributed by atoms with Gasteiger partial charge >= 0.3 is 0 Å². The summed E-state index contributed by atoms with van der Waals surface area (Å²) in [5.74, 6) is 0. The van der Waals surface area contributed by atoms with Crippen LogP contribution in [-0.2, 0) is 6.61 Å². The largest absolute Gasteiger partial charge is 0.394 e. The molecule has 1 aromatic rings. The number of aliphatic hydroxyl groups excluding tert-OH is 2. The molecular weight excluding hydrogens is 224 g/mol. The lowest BCUT2D eigenvalue weighted by Crippen LogP contribution is -2.32. The van der Waals surface area contributed by atoms with Crippen LogP contribution < -0.4 is 4.90 Å². The molecule has 0 saturated heterocycles. The molecule has 0 aromatic heterocycles. The highest BCUT2D eigenvalue weighted by Gasteiger charge is 2.15. The van der Waals surface area contributed by atoms with Crippen LogP contribution in [0.25, 0.3) is 0 Å². The summed E-state index contributed by atoms with van der Waals surface area (Å²) in [5, 5.41) is 28.9. The lowest BCUT2D eigenvalue weighted by Gasteiger charge is -2.27. The molecule has 0 heterocycles. The number of nitro benzene ring substituents is 1. The van der Waals surface area contributed by atoms with Crippen LogP contribution in [0.3, 0.4) is 0 Å². The number of hydrogen-bond donors (Lipinski definition) is 2. The number of benzene rings is 1. The minimum atomic E-state index is -0.502. The van der Waals surface area contributed by atoms with Gasteiger partial charge in [-0.2, -0.15) is 0 Å². The second kappa shape index (κ2) is 5.60. The molecule has 1 unspecified atom stereocenters. The number of anilines is 1. The maximum Gasteiger partial charge on any atom is 0.269 e. The molecule has 0 fully saturated rings. The summed E-state index contributed by atoms with van der Waals surface area (Å²) < 4.78 is 0. The first-order valence-corrected chi connectivity index (χ1v) is 5.23. The zero-order valence-corrected chi connectivity index (χ0v) is 9.83. The van der Waals surface area contributed by atoms with E-state index in [1.807, 2.05) is 6.92 Å². The van der Waals surface area contributed by atoms with E-state index in [1.165, 1.54) is 12.1 Å².